The molecule has 7 heteroatoms. The molecule has 0 bridgehead atoms. The third-order valence-corrected chi connectivity index (χ3v) is 3.61. The maximum Gasteiger partial charge on any atom is 0.339 e. The molecule has 0 aliphatic heterocycles. The fourth-order valence-corrected chi connectivity index (χ4v) is 2.29. The van der Waals surface area contributed by atoms with Gasteiger partial charge in [-0.25, -0.2) is 9.18 Å². The standard InChI is InChI=1S/C17H18FNO5/c1-4-13-11(17(21)22)8-15(24-13)16(20)19-9(2)10-5-6-14(23-3)12(18)7-10/h5-9H,4H2,1-3H3,(H,19,20)(H,21,22)/t9-/m0/s1. The summed E-state index contributed by atoms with van der Waals surface area (Å²) in [7, 11) is 1.37. The van der Waals surface area contributed by atoms with Gasteiger partial charge in [0, 0.05) is 12.5 Å². The van der Waals surface area contributed by atoms with Gasteiger partial charge in [0.1, 0.15) is 11.3 Å². The molecular formula is C17H18FNO5. The second-order valence-corrected chi connectivity index (χ2v) is 5.20. The van der Waals surface area contributed by atoms with Crippen LogP contribution >= 0.6 is 0 Å². The zero-order valence-electron chi connectivity index (χ0n) is 13.6. The number of nitrogens with one attached hydrogen (secondary N) is 1. The minimum atomic E-state index is -1.15. The highest BCUT2D eigenvalue weighted by Gasteiger charge is 2.21. The molecule has 2 N–H and O–H groups in total. The number of ether oxygens (including phenoxy) is 1. The van der Waals surface area contributed by atoms with E-state index in [1.54, 1.807) is 19.9 Å². The van der Waals surface area contributed by atoms with Crippen LogP contribution in [0.4, 0.5) is 4.39 Å². The number of benzene rings is 1. The van der Waals surface area contributed by atoms with E-state index in [0.29, 0.717) is 12.0 Å². The lowest BCUT2D eigenvalue weighted by Crippen LogP contribution is -2.26. The molecule has 0 saturated carbocycles. The van der Waals surface area contributed by atoms with E-state index in [-0.39, 0.29) is 22.8 Å². The minimum Gasteiger partial charge on any atom is -0.494 e. The number of hydrogen-bond acceptors (Lipinski definition) is 4. The van der Waals surface area contributed by atoms with Crippen LogP contribution in [0.1, 0.15) is 52.1 Å². The third kappa shape index (κ3) is 3.56. The number of aryl methyl sites for hydroxylation is 1. The maximum absolute atomic E-state index is 13.7. The van der Waals surface area contributed by atoms with Crippen molar-refractivity contribution in [1.82, 2.24) is 5.32 Å². The Labute approximate surface area is 138 Å². The number of carboxylic acid groups (broad SMARTS) is 1. The van der Waals surface area contributed by atoms with Gasteiger partial charge >= 0.3 is 5.97 Å². The van der Waals surface area contributed by atoms with Gasteiger partial charge in [-0.2, -0.15) is 0 Å². The molecule has 0 saturated heterocycles. The number of carboxylic acids is 1. The van der Waals surface area contributed by atoms with Crippen LogP contribution in [-0.4, -0.2) is 24.1 Å². The van der Waals surface area contributed by atoms with Crippen LogP contribution < -0.4 is 10.1 Å². The Morgan fingerprint density at radius 2 is 2.08 bits per heavy atom. The first-order valence-electron chi connectivity index (χ1n) is 7.37. The van der Waals surface area contributed by atoms with Gasteiger partial charge in [-0.05, 0) is 24.6 Å². The van der Waals surface area contributed by atoms with Crippen molar-refractivity contribution >= 4 is 11.9 Å². The monoisotopic (exact) mass is 335 g/mol. The highest BCUT2D eigenvalue weighted by molar-refractivity contribution is 5.96. The van der Waals surface area contributed by atoms with Crippen molar-refractivity contribution in [1.29, 1.82) is 0 Å². The van der Waals surface area contributed by atoms with Gasteiger partial charge in [-0.3, -0.25) is 4.79 Å². The van der Waals surface area contributed by atoms with Gasteiger partial charge in [0.25, 0.3) is 5.91 Å². The summed E-state index contributed by atoms with van der Waals surface area (Å²) < 4.78 is 23.9. The fourth-order valence-electron chi connectivity index (χ4n) is 2.29. The smallest absolute Gasteiger partial charge is 0.339 e. The van der Waals surface area contributed by atoms with E-state index in [1.807, 2.05) is 0 Å². The molecule has 0 unspecified atom stereocenters. The summed E-state index contributed by atoms with van der Waals surface area (Å²) in [5.74, 6) is -2.00. The van der Waals surface area contributed by atoms with Crippen molar-refractivity contribution in [2.75, 3.05) is 7.11 Å². The van der Waals surface area contributed by atoms with Crippen LogP contribution in [-0.2, 0) is 6.42 Å². The first kappa shape index (κ1) is 17.5. The maximum atomic E-state index is 13.7. The van der Waals surface area contributed by atoms with Gasteiger partial charge in [-0.1, -0.05) is 13.0 Å². The molecule has 0 fully saturated rings. The molecular weight excluding hydrogens is 317 g/mol. The van der Waals surface area contributed by atoms with Gasteiger partial charge in [0.15, 0.2) is 17.3 Å². The molecule has 0 spiro atoms. The molecule has 2 rings (SSSR count). The summed E-state index contributed by atoms with van der Waals surface area (Å²) in [5, 5.41) is 11.7. The number of aromatic carboxylic acids is 1. The van der Waals surface area contributed by atoms with E-state index in [1.165, 1.54) is 25.3 Å². The zero-order valence-corrected chi connectivity index (χ0v) is 13.6. The number of halogens is 1. The Hall–Kier alpha value is -2.83. The molecule has 6 nitrogen and oxygen atoms in total. The predicted molar refractivity (Wildman–Crippen MR) is 83.9 cm³/mol. The van der Waals surface area contributed by atoms with Crippen molar-refractivity contribution in [2.45, 2.75) is 26.3 Å². The Kier molecular flexibility index (Phi) is 5.23. The lowest BCUT2D eigenvalue weighted by atomic mass is 10.1. The minimum absolute atomic E-state index is 0.0363. The summed E-state index contributed by atoms with van der Waals surface area (Å²) in [4.78, 5) is 23.3. The van der Waals surface area contributed by atoms with E-state index < -0.39 is 23.7 Å². The number of furan rings is 1. The van der Waals surface area contributed by atoms with E-state index in [2.05, 4.69) is 5.32 Å². The van der Waals surface area contributed by atoms with E-state index in [4.69, 9.17) is 14.3 Å². The predicted octanol–water partition coefficient (Wildman–Crippen LogP) is 3.18. The molecule has 0 aliphatic carbocycles. The second-order valence-electron chi connectivity index (χ2n) is 5.20. The molecule has 1 aromatic carbocycles. The Balaban J connectivity index is 2.17. The summed E-state index contributed by atoms with van der Waals surface area (Å²) in [6.45, 7) is 3.41. The first-order chi connectivity index (χ1) is 11.4. The van der Waals surface area contributed by atoms with Gasteiger partial charge in [0.05, 0.1) is 13.2 Å². The molecule has 1 amide bonds. The Bertz CT molecular complexity index is 768. The van der Waals surface area contributed by atoms with Crippen LogP contribution in [0.25, 0.3) is 0 Å². The number of carbonyl (C=O) groups is 2. The van der Waals surface area contributed by atoms with Gasteiger partial charge in [0.2, 0.25) is 0 Å². The largest absolute Gasteiger partial charge is 0.494 e. The SMILES string of the molecule is CCc1oc(C(=O)N[C@@H](C)c2ccc(OC)c(F)c2)cc1C(=O)O. The molecule has 1 aromatic heterocycles. The fraction of sp³-hybridized carbons (Fsp3) is 0.294. The molecule has 0 radical (unpaired) electrons. The Morgan fingerprint density at radius 3 is 2.58 bits per heavy atom. The average molecular weight is 335 g/mol. The van der Waals surface area contributed by atoms with Crippen LogP contribution in [0.2, 0.25) is 0 Å². The summed E-state index contributed by atoms with van der Waals surface area (Å²) >= 11 is 0. The van der Waals surface area contributed by atoms with Crippen molar-refractivity contribution in [3.05, 3.63) is 52.7 Å². The van der Waals surface area contributed by atoms with E-state index >= 15 is 0 Å². The van der Waals surface area contributed by atoms with E-state index in [0.717, 1.165) is 0 Å². The number of carbonyl (C=O) groups excluding carboxylic acids is 1. The first-order valence-corrected chi connectivity index (χ1v) is 7.37. The number of amides is 1. The molecule has 2 aromatic rings. The topological polar surface area (TPSA) is 88.8 Å². The van der Waals surface area contributed by atoms with Crippen LogP contribution in [0, 0.1) is 5.82 Å². The summed E-state index contributed by atoms with van der Waals surface area (Å²) in [6.07, 6.45) is 0.355. The zero-order chi connectivity index (χ0) is 17.9. The molecule has 1 atom stereocenters. The molecule has 0 aliphatic rings. The number of hydrogen-bond donors (Lipinski definition) is 2. The normalized spacial score (nSPS) is 11.8. The highest BCUT2D eigenvalue weighted by atomic mass is 19.1. The van der Waals surface area contributed by atoms with Crippen LogP contribution in [0.5, 0.6) is 5.75 Å². The van der Waals surface area contributed by atoms with Crippen molar-refractivity contribution in [2.24, 2.45) is 0 Å². The number of methoxy groups -OCH3 is 1. The quantitative estimate of drug-likeness (QED) is 0.846. The lowest BCUT2D eigenvalue weighted by molar-refractivity contribution is 0.0694. The van der Waals surface area contributed by atoms with Crippen LogP contribution in [0.15, 0.2) is 28.7 Å². The molecule has 128 valence electrons. The van der Waals surface area contributed by atoms with Crippen molar-refractivity contribution in [3.63, 3.8) is 0 Å². The van der Waals surface area contributed by atoms with Crippen LogP contribution in [0.3, 0.4) is 0 Å². The average Bonchev–Trinajstić information content (AvgIpc) is 2.99. The van der Waals surface area contributed by atoms with Gasteiger partial charge < -0.3 is 19.6 Å². The summed E-state index contributed by atoms with van der Waals surface area (Å²) in [6, 6.07) is 5.07. The van der Waals surface area contributed by atoms with Gasteiger partial charge in [-0.15, -0.1) is 0 Å². The number of rotatable bonds is 6. The Morgan fingerprint density at radius 1 is 1.38 bits per heavy atom. The third-order valence-electron chi connectivity index (χ3n) is 3.61. The highest BCUT2D eigenvalue weighted by Crippen LogP contribution is 2.22. The molecule has 1 heterocycles. The van der Waals surface area contributed by atoms with E-state index in [9.17, 15) is 14.0 Å². The van der Waals surface area contributed by atoms with Crippen molar-refractivity contribution < 1.29 is 28.2 Å². The molecule has 24 heavy (non-hydrogen) atoms. The summed E-state index contributed by atoms with van der Waals surface area (Å²) in [5.41, 5.74) is 0.508. The second kappa shape index (κ2) is 7.16. The lowest BCUT2D eigenvalue weighted by Gasteiger charge is -2.14. The van der Waals surface area contributed by atoms with Crippen molar-refractivity contribution in [3.8, 4) is 5.75 Å².